The fourth-order valence-electron chi connectivity index (χ4n) is 2.09. The van der Waals surface area contributed by atoms with Gasteiger partial charge in [0, 0.05) is 24.2 Å². The standard InChI is InChI=1S/C17H20N4O2/c1-2-3-4-5-13-6-11-19-15(12-13)17(23)21-20-16(22)14-7-9-18-10-8-14/h6-12H,2-5H2,1H3,(H,20,22)(H,21,23). The molecule has 0 fully saturated rings. The molecule has 2 N–H and O–H groups in total. The van der Waals surface area contributed by atoms with E-state index in [1.54, 1.807) is 24.4 Å². The monoisotopic (exact) mass is 312 g/mol. The van der Waals surface area contributed by atoms with Crippen LogP contribution < -0.4 is 10.9 Å². The van der Waals surface area contributed by atoms with Crippen molar-refractivity contribution in [3.05, 3.63) is 59.7 Å². The molecule has 2 amide bonds. The summed E-state index contributed by atoms with van der Waals surface area (Å²) in [5, 5.41) is 0. The predicted molar refractivity (Wildman–Crippen MR) is 86.6 cm³/mol. The van der Waals surface area contributed by atoms with Crippen molar-refractivity contribution >= 4 is 11.8 Å². The molecule has 0 unspecified atom stereocenters. The van der Waals surface area contributed by atoms with Crippen LogP contribution in [0.2, 0.25) is 0 Å². The van der Waals surface area contributed by atoms with Crippen LogP contribution in [-0.4, -0.2) is 21.8 Å². The number of nitrogens with zero attached hydrogens (tertiary/aromatic N) is 2. The van der Waals surface area contributed by atoms with Gasteiger partial charge in [-0.15, -0.1) is 0 Å². The molecular formula is C17H20N4O2. The highest BCUT2D eigenvalue weighted by atomic mass is 16.2. The normalized spacial score (nSPS) is 10.1. The second kappa shape index (κ2) is 8.63. The first-order chi connectivity index (χ1) is 11.2. The number of nitrogens with one attached hydrogen (secondary N) is 2. The van der Waals surface area contributed by atoms with Crippen molar-refractivity contribution in [1.29, 1.82) is 0 Å². The second-order valence-corrected chi connectivity index (χ2v) is 5.15. The highest BCUT2D eigenvalue weighted by molar-refractivity contribution is 5.98. The summed E-state index contributed by atoms with van der Waals surface area (Å²) in [6.45, 7) is 2.15. The summed E-state index contributed by atoms with van der Waals surface area (Å²) in [6.07, 6.45) is 8.95. The number of unbranched alkanes of at least 4 members (excludes halogenated alkanes) is 2. The third kappa shape index (κ3) is 5.18. The molecule has 0 atom stereocenters. The minimum absolute atomic E-state index is 0.286. The lowest BCUT2D eigenvalue weighted by molar-refractivity contribution is 0.0844. The number of carbonyl (C=O) groups excluding carboxylic acids is 2. The Balaban J connectivity index is 1.90. The van der Waals surface area contributed by atoms with Gasteiger partial charge in [0.25, 0.3) is 11.8 Å². The van der Waals surface area contributed by atoms with Gasteiger partial charge in [-0.2, -0.15) is 0 Å². The van der Waals surface area contributed by atoms with E-state index in [1.807, 2.05) is 6.07 Å². The minimum atomic E-state index is -0.440. The highest BCUT2D eigenvalue weighted by Crippen LogP contribution is 2.07. The Kier molecular flexibility index (Phi) is 6.23. The molecule has 0 bridgehead atoms. The fraction of sp³-hybridized carbons (Fsp3) is 0.294. The molecule has 0 aliphatic rings. The van der Waals surface area contributed by atoms with Gasteiger partial charge in [0.2, 0.25) is 0 Å². The average molecular weight is 312 g/mol. The number of hydrazine groups is 1. The van der Waals surface area contributed by atoms with E-state index in [9.17, 15) is 9.59 Å². The molecule has 0 saturated heterocycles. The molecular weight excluding hydrogens is 292 g/mol. The van der Waals surface area contributed by atoms with Crippen LogP contribution >= 0.6 is 0 Å². The molecule has 2 aromatic rings. The van der Waals surface area contributed by atoms with Crippen molar-refractivity contribution < 1.29 is 9.59 Å². The molecule has 2 heterocycles. The van der Waals surface area contributed by atoms with Gasteiger partial charge in [-0.25, -0.2) is 0 Å². The molecule has 6 heteroatoms. The molecule has 2 rings (SSSR count). The van der Waals surface area contributed by atoms with Crippen LogP contribution in [0.1, 0.15) is 52.6 Å². The molecule has 0 radical (unpaired) electrons. The van der Waals surface area contributed by atoms with Gasteiger partial charge < -0.3 is 0 Å². The number of aryl methyl sites for hydroxylation is 1. The maximum atomic E-state index is 12.1. The number of hydrogen-bond acceptors (Lipinski definition) is 4. The Morgan fingerprint density at radius 2 is 1.74 bits per heavy atom. The topological polar surface area (TPSA) is 84.0 Å². The molecule has 0 aromatic carbocycles. The summed E-state index contributed by atoms with van der Waals surface area (Å²) in [7, 11) is 0. The van der Waals surface area contributed by atoms with Crippen LogP contribution in [-0.2, 0) is 6.42 Å². The van der Waals surface area contributed by atoms with Gasteiger partial charge in [-0.05, 0) is 42.7 Å². The lowest BCUT2D eigenvalue weighted by atomic mass is 10.1. The number of amides is 2. The zero-order valence-corrected chi connectivity index (χ0v) is 13.1. The fourth-order valence-corrected chi connectivity index (χ4v) is 2.09. The highest BCUT2D eigenvalue weighted by Gasteiger charge is 2.10. The Morgan fingerprint density at radius 1 is 1.00 bits per heavy atom. The van der Waals surface area contributed by atoms with E-state index in [1.165, 1.54) is 12.4 Å². The largest absolute Gasteiger partial charge is 0.288 e. The molecule has 2 aromatic heterocycles. The Hall–Kier alpha value is -2.76. The number of carbonyl (C=O) groups is 2. The first kappa shape index (κ1) is 16.6. The van der Waals surface area contributed by atoms with E-state index >= 15 is 0 Å². The smallest absolute Gasteiger partial charge is 0.267 e. The first-order valence-corrected chi connectivity index (χ1v) is 7.66. The van der Waals surface area contributed by atoms with Crippen molar-refractivity contribution in [2.75, 3.05) is 0 Å². The van der Waals surface area contributed by atoms with Crippen LogP contribution in [0, 0.1) is 0 Å². The van der Waals surface area contributed by atoms with Crippen LogP contribution in [0.15, 0.2) is 42.9 Å². The molecule has 120 valence electrons. The number of hydrogen-bond donors (Lipinski definition) is 2. The van der Waals surface area contributed by atoms with Crippen molar-refractivity contribution in [3.63, 3.8) is 0 Å². The third-order valence-electron chi connectivity index (χ3n) is 3.36. The van der Waals surface area contributed by atoms with Crippen LogP contribution in [0.3, 0.4) is 0 Å². The number of aromatic nitrogens is 2. The number of rotatable bonds is 6. The zero-order valence-electron chi connectivity index (χ0n) is 13.1. The summed E-state index contributed by atoms with van der Waals surface area (Å²) < 4.78 is 0. The quantitative estimate of drug-likeness (QED) is 0.633. The summed E-state index contributed by atoms with van der Waals surface area (Å²) in [4.78, 5) is 31.8. The second-order valence-electron chi connectivity index (χ2n) is 5.15. The maximum absolute atomic E-state index is 12.1. The Bertz CT molecular complexity index is 659. The van der Waals surface area contributed by atoms with Gasteiger partial charge in [0.15, 0.2) is 0 Å². The zero-order chi connectivity index (χ0) is 16.5. The van der Waals surface area contributed by atoms with Crippen molar-refractivity contribution in [1.82, 2.24) is 20.8 Å². The molecule has 0 aliphatic heterocycles. The van der Waals surface area contributed by atoms with E-state index < -0.39 is 11.8 Å². The molecule has 6 nitrogen and oxygen atoms in total. The lowest BCUT2D eigenvalue weighted by Gasteiger charge is -2.08. The Labute approximate surface area is 135 Å². The van der Waals surface area contributed by atoms with Crippen molar-refractivity contribution in [2.45, 2.75) is 32.6 Å². The maximum Gasteiger partial charge on any atom is 0.288 e. The molecule has 0 saturated carbocycles. The van der Waals surface area contributed by atoms with Crippen LogP contribution in [0.25, 0.3) is 0 Å². The average Bonchev–Trinajstić information content (AvgIpc) is 2.60. The predicted octanol–water partition coefficient (Wildman–Crippen LogP) is 2.28. The van der Waals surface area contributed by atoms with E-state index in [0.29, 0.717) is 5.56 Å². The summed E-state index contributed by atoms with van der Waals surface area (Å²) >= 11 is 0. The Morgan fingerprint density at radius 3 is 2.48 bits per heavy atom. The van der Waals surface area contributed by atoms with Gasteiger partial charge in [0.05, 0.1) is 0 Å². The van der Waals surface area contributed by atoms with Gasteiger partial charge in [-0.1, -0.05) is 19.8 Å². The molecule has 23 heavy (non-hydrogen) atoms. The van der Waals surface area contributed by atoms with E-state index in [-0.39, 0.29) is 5.69 Å². The molecule has 0 spiro atoms. The molecule has 0 aliphatic carbocycles. The SMILES string of the molecule is CCCCCc1ccnc(C(=O)NNC(=O)c2ccncc2)c1. The van der Waals surface area contributed by atoms with Gasteiger partial charge in [-0.3, -0.25) is 30.4 Å². The summed E-state index contributed by atoms with van der Waals surface area (Å²) in [5.41, 5.74) is 6.51. The first-order valence-electron chi connectivity index (χ1n) is 7.66. The minimum Gasteiger partial charge on any atom is -0.267 e. The third-order valence-corrected chi connectivity index (χ3v) is 3.36. The van der Waals surface area contributed by atoms with E-state index in [4.69, 9.17) is 0 Å². The summed E-state index contributed by atoms with van der Waals surface area (Å²) in [5.74, 6) is -0.843. The van der Waals surface area contributed by atoms with Crippen LogP contribution in [0.5, 0.6) is 0 Å². The van der Waals surface area contributed by atoms with Crippen LogP contribution in [0.4, 0.5) is 0 Å². The van der Waals surface area contributed by atoms with Crippen molar-refractivity contribution in [2.24, 2.45) is 0 Å². The van der Waals surface area contributed by atoms with E-state index in [2.05, 4.69) is 27.7 Å². The number of pyridine rings is 2. The van der Waals surface area contributed by atoms with Crippen molar-refractivity contribution in [3.8, 4) is 0 Å². The van der Waals surface area contributed by atoms with Gasteiger partial charge in [0.1, 0.15) is 5.69 Å². The van der Waals surface area contributed by atoms with E-state index in [0.717, 1.165) is 31.2 Å². The summed E-state index contributed by atoms with van der Waals surface area (Å²) in [6, 6.07) is 6.79. The lowest BCUT2D eigenvalue weighted by Crippen LogP contribution is -2.42. The van der Waals surface area contributed by atoms with Gasteiger partial charge >= 0.3 is 0 Å².